The van der Waals surface area contributed by atoms with Crippen molar-refractivity contribution in [1.82, 2.24) is 4.90 Å². The highest BCUT2D eigenvalue weighted by Gasteiger charge is 2.23. The number of piperidine rings is 1. The maximum Gasteiger partial charge on any atom is 0.506 e. The van der Waals surface area contributed by atoms with Crippen molar-refractivity contribution in [3.05, 3.63) is 42.0 Å². The third-order valence-electron chi connectivity index (χ3n) is 6.76. The molecule has 2 aromatic rings. The largest absolute Gasteiger partial charge is 0.506 e. The van der Waals surface area contributed by atoms with Crippen molar-refractivity contribution in [2.75, 3.05) is 13.1 Å². The Balaban J connectivity index is 1.33. The highest BCUT2D eigenvalue weighted by molar-refractivity contribution is 5.84. The van der Waals surface area contributed by atoms with Gasteiger partial charge in [0.2, 0.25) is 0 Å². The third kappa shape index (κ3) is 5.45. The Morgan fingerprint density at radius 2 is 1.67 bits per heavy atom. The van der Waals surface area contributed by atoms with Crippen molar-refractivity contribution >= 4 is 16.9 Å². The molecule has 4 rings (SSSR count). The maximum absolute atomic E-state index is 10.7. The second-order valence-electron chi connectivity index (χ2n) is 8.87. The Bertz CT molecular complexity index is 851. The zero-order chi connectivity index (χ0) is 20.9. The summed E-state index contributed by atoms with van der Waals surface area (Å²) in [5.74, 6) is 1.87. The molecule has 2 fully saturated rings. The molecule has 0 bridgehead atoms. The monoisotopic (exact) mass is 411 g/mol. The zero-order valence-corrected chi connectivity index (χ0v) is 17.9. The molecule has 1 N–H and O–H groups in total. The van der Waals surface area contributed by atoms with Crippen LogP contribution in [0.25, 0.3) is 10.8 Å². The molecule has 1 aliphatic heterocycles. The molecule has 1 heterocycles. The van der Waals surface area contributed by atoms with Gasteiger partial charge in [-0.25, -0.2) is 4.79 Å². The van der Waals surface area contributed by atoms with Crippen LogP contribution in [0.15, 0.2) is 36.4 Å². The second-order valence-corrected chi connectivity index (χ2v) is 8.87. The van der Waals surface area contributed by atoms with E-state index < -0.39 is 6.16 Å². The fraction of sp³-hybridized carbons (Fsp3) is 0.560. The quantitative estimate of drug-likeness (QED) is 0.605. The smallest absolute Gasteiger partial charge is 0.490 e. The van der Waals surface area contributed by atoms with E-state index in [4.69, 9.17) is 14.6 Å². The van der Waals surface area contributed by atoms with Gasteiger partial charge in [-0.1, -0.05) is 31.5 Å². The number of benzene rings is 2. The first-order valence-electron chi connectivity index (χ1n) is 11.4. The Morgan fingerprint density at radius 3 is 2.37 bits per heavy atom. The number of ether oxygens (including phenoxy) is 2. The van der Waals surface area contributed by atoms with Crippen molar-refractivity contribution in [2.45, 2.75) is 70.6 Å². The average molecular weight is 412 g/mol. The highest BCUT2D eigenvalue weighted by atomic mass is 16.7. The second kappa shape index (κ2) is 9.69. The normalized spacial score (nSPS) is 23.4. The van der Waals surface area contributed by atoms with Gasteiger partial charge in [0.1, 0.15) is 11.9 Å². The summed E-state index contributed by atoms with van der Waals surface area (Å²) in [4.78, 5) is 13.0. The van der Waals surface area contributed by atoms with Crippen LogP contribution in [-0.2, 0) is 11.3 Å². The summed E-state index contributed by atoms with van der Waals surface area (Å²) in [6, 6.07) is 13.1. The van der Waals surface area contributed by atoms with Crippen LogP contribution in [0.3, 0.4) is 0 Å². The van der Waals surface area contributed by atoms with Crippen molar-refractivity contribution in [3.63, 3.8) is 0 Å². The molecule has 0 amide bonds. The van der Waals surface area contributed by atoms with Gasteiger partial charge in [0.25, 0.3) is 0 Å². The van der Waals surface area contributed by atoms with E-state index in [9.17, 15) is 4.79 Å². The average Bonchev–Trinajstić information content (AvgIpc) is 2.75. The van der Waals surface area contributed by atoms with Crippen LogP contribution in [0.2, 0.25) is 0 Å². The lowest BCUT2D eigenvalue weighted by Crippen LogP contribution is -2.37. The van der Waals surface area contributed by atoms with E-state index in [0.717, 1.165) is 44.1 Å². The molecule has 0 radical (unpaired) electrons. The molecule has 0 unspecified atom stereocenters. The van der Waals surface area contributed by atoms with Gasteiger partial charge in [0.05, 0.1) is 6.10 Å². The highest BCUT2D eigenvalue weighted by Crippen LogP contribution is 2.31. The molecule has 1 saturated carbocycles. The van der Waals surface area contributed by atoms with E-state index in [1.807, 2.05) is 0 Å². The summed E-state index contributed by atoms with van der Waals surface area (Å²) in [6.45, 7) is 4.90. The molecule has 5 nitrogen and oxygen atoms in total. The maximum atomic E-state index is 10.7. The van der Waals surface area contributed by atoms with Crippen LogP contribution in [0, 0.1) is 5.92 Å². The molecule has 0 atom stereocenters. The van der Waals surface area contributed by atoms with E-state index in [0.29, 0.717) is 6.10 Å². The molecule has 2 aromatic carbocycles. The van der Waals surface area contributed by atoms with E-state index in [-0.39, 0.29) is 6.10 Å². The number of likely N-dealkylation sites (tertiary alicyclic amines) is 1. The predicted molar refractivity (Wildman–Crippen MR) is 118 cm³/mol. The number of carboxylic acid groups (broad SMARTS) is 1. The van der Waals surface area contributed by atoms with Crippen LogP contribution in [0.1, 0.15) is 57.4 Å². The molecule has 2 aliphatic rings. The number of fused-ring (bicyclic) bond motifs is 1. The molecule has 30 heavy (non-hydrogen) atoms. The van der Waals surface area contributed by atoms with Crippen molar-refractivity contribution in [2.24, 2.45) is 5.92 Å². The van der Waals surface area contributed by atoms with Gasteiger partial charge in [-0.3, -0.25) is 4.90 Å². The first-order valence-corrected chi connectivity index (χ1v) is 11.4. The van der Waals surface area contributed by atoms with E-state index in [2.05, 4.69) is 48.2 Å². The Morgan fingerprint density at radius 1 is 0.967 bits per heavy atom. The van der Waals surface area contributed by atoms with Gasteiger partial charge >= 0.3 is 6.16 Å². The van der Waals surface area contributed by atoms with E-state index in [1.165, 1.54) is 48.4 Å². The minimum Gasteiger partial charge on any atom is -0.490 e. The summed E-state index contributed by atoms with van der Waals surface area (Å²) in [5, 5.41) is 11.2. The molecule has 0 spiro atoms. The summed E-state index contributed by atoms with van der Waals surface area (Å²) >= 11 is 0. The van der Waals surface area contributed by atoms with Crippen LogP contribution in [0.4, 0.5) is 4.79 Å². The van der Waals surface area contributed by atoms with Crippen LogP contribution in [-0.4, -0.2) is 41.5 Å². The Kier molecular flexibility index (Phi) is 6.78. The SMILES string of the molecule is CC[C@H]1CC[C@H](Oc2ccc3cc(CN4CCC(OC(=O)O)CC4)ccc3c2)CC1. The molecule has 5 heteroatoms. The summed E-state index contributed by atoms with van der Waals surface area (Å²) in [5.41, 5.74) is 1.28. The van der Waals surface area contributed by atoms with E-state index >= 15 is 0 Å². The summed E-state index contributed by atoms with van der Waals surface area (Å²) in [6.07, 6.45) is 6.77. The van der Waals surface area contributed by atoms with Gasteiger partial charge < -0.3 is 14.6 Å². The number of rotatable bonds is 6. The number of hydrogen-bond acceptors (Lipinski definition) is 4. The minimum absolute atomic E-state index is 0.161. The number of nitrogens with zero attached hydrogens (tertiary/aromatic N) is 1. The molecule has 162 valence electrons. The summed E-state index contributed by atoms with van der Waals surface area (Å²) < 4.78 is 11.2. The molecular formula is C25H33NO4. The van der Waals surface area contributed by atoms with Crippen molar-refractivity contribution in [1.29, 1.82) is 0 Å². The zero-order valence-electron chi connectivity index (χ0n) is 17.9. The lowest BCUT2D eigenvalue weighted by molar-refractivity contribution is 0.0185. The topological polar surface area (TPSA) is 59.0 Å². The lowest BCUT2D eigenvalue weighted by atomic mass is 9.86. The standard InChI is InChI=1S/C25H33NO4/c1-2-18-4-8-22(9-5-18)29-24-10-7-20-15-19(3-6-21(20)16-24)17-26-13-11-23(12-14-26)30-25(27)28/h3,6-7,10,15-16,18,22-23H,2,4-5,8-9,11-14,17H2,1H3,(H,27,28)/t18-,22-. The molecular weight excluding hydrogens is 378 g/mol. The van der Waals surface area contributed by atoms with Crippen LogP contribution < -0.4 is 4.74 Å². The van der Waals surface area contributed by atoms with Crippen LogP contribution >= 0.6 is 0 Å². The number of carbonyl (C=O) groups is 1. The van der Waals surface area contributed by atoms with Gasteiger partial charge in [0, 0.05) is 19.6 Å². The van der Waals surface area contributed by atoms with Gasteiger partial charge in [-0.2, -0.15) is 0 Å². The fourth-order valence-electron chi connectivity index (χ4n) is 4.88. The van der Waals surface area contributed by atoms with E-state index in [1.54, 1.807) is 0 Å². The van der Waals surface area contributed by atoms with Crippen LogP contribution in [0.5, 0.6) is 5.75 Å². The number of hydrogen-bond donors (Lipinski definition) is 1. The molecule has 1 aliphatic carbocycles. The predicted octanol–water partition coefficient (Wildman–Crippen LogP) is 5.85. The van der Waals surface area contributed by atoms with Gasteiger partial charge in [-0.05, 0) is 79.0 Å². The molecule has 0 aromatic heterocycles. The van der Waals surface area contributed by atoms with Gasteiger partial charge in [-0.15, -0.1) is 0 Å². The Hall–Kier alpha value is -2.27. The van der Waals surface area contributed by atoms with Crippen molar-refractivity contribution in [3.8, 4) is 5.75 Å². The first kappa shape index (κ1) is 21.0. The third-order valence-corrected chi connectivity index (χ3v) is 6.76. The van der Waals surface area contributed by atoms with Crippen molar-refractivity contribution < 1.29 is 19.4 Å². The minimum atomic E-state index is -1.17. The van der Waals surface area contributed by atoms with Gasteiger partial charge in [0.15, 0.2) is 0 Å². The molecule has 1 saturated heterocycles. The lowest BCUT2D eigenvalue weighted by Gasteiger charge is -2.31. The fourth-order valence-corrected chi connectivity index (χ4v) is 4.88. The first-order chi connectivity index (χ1) is 14.6. The summed E-state index contributed by atoms with van der Waals surface area (Å²) in [7, 11) is 0. The Labute approximate surface area is 179 Å².